The highest BCUT2D eigenvalue weighted by atomic mass is 35.5. The van der Waals surface area contributed by atoms with Crippen molar-refractivity contribution in [3.63, 3.8) is 0 Å². The van der Waals surface area contributed by atoms with Gasteiger partial charge in [-0.15, -0.1) is 24.8 Å². The summed E-state index contributed by atoms with van der Waals surface area (Å²) in [5.74, 6) is 0.358. The van der Waals surface area contributed by atoms with Crippen LogP contribution in [0.3, 0.4) is 0 Å². The fraction of sp³-hybridized carbons (Fsp3) is 0.433. The van der Waals surface area contributed by atoms with Gasteiger partial charge >= 0.3 is 0 Å². The molecule has 2 aromatic carbocycles. The molecule has 188 valence electrons. The van der Waals surface area contributed by atoms with Crippen LogP contribution in [-0.2, 0) is 0 Å². The molecule has 2 N–H and O–H groups in total. The first-order valence-electron chi connectivity index (χ1n) is 13.0. The molecule has 1 unspecified atom stereocenters. The molecular weight excluding hydrogens is 473 g/mol. The summed E-state index contributed by atoms with van der Waals surface area (Å²) in [6.45, 7) is 0.797. The number of para-hydroxylation sites is 1. The predicted octanol–water partition coefficient (Wildman–Crippen LogP) is 8.58. The number of aromatic nitrogens is 2. The Hall–Kier alpha value is -2.07. The minimum Gasteiger partial charge on any atom is -0.344 e. The summed E-state index contributed by atoms with van der Waals surface area (Å²) < 4.78 is 2.61. The first-order chi connectivity index (χ1) is 16.4. The Kier molecular flexibility index (Phi) is 10.5. The zero-order valence-corrected chi connectivity index (χ0v) is 22.2. The molecule has 4 aromatic rings. The average Bonchev–Trinajstić information content (AvgIpc) is 3.26. The zero-order valence-electron chi connectivity index (χ0n) is 20.6. The zero-order chi connectivity index (χ0) is 22.5. The van der Waals surface area contributed by atoms with E-state index in [0.29, 0.717) is 12.0 Å². The molecule has 0 radical (unpaired) electrons. The van der Waals surface area contributed by atoms with Gasteiger partial charge in [-0.1, -0.05) is 81.0 Å². The van der Waals surface area contributed by atoms with Crippen LogP contribution >= 0.6 is 24.8 Å². The minimum absolute atomic E-state index is 0. The topological polar surface area (TPSA) is 43.8 Å². The van der Waals surface area contributed by atoms with E-state index in [1.165, 1.54) is 84.2 Å². The third-order valence-electron chi connectivity index (χ3n) is 7.64. The molecule has 5 heteroatoms. The van der Waals surface area contributed by atoms with Crippen LogP contribution in [0, 0.1) is 0 Å². The predicted molar refractivity (Wildman–Crippen MR) is 154 cm³/mol. The molecule has 0 amide bonds. The van der Waals surface area contributed by atoms with E-state index in [0.717, 1.165) is 19.4 Å². The fourth-order valence-corrected chi connectivity index (χ4v) is 5.91. The number of fused-ring (bicyclic) bond motifs is 2. The number of benzene rings is 2. The van der Waals surface area contributed by atoms with E-state index in [2.05, 4.69) is 70.5 Å². The molecule has 0 bridgehead atoms. The highest BCUT2D eigenvalue weighted by Gasteiger charge is 2.24. The van der Waals surface area contributed by atoms with Crippen molar-refractivity contribution in [2.45, 2.75) is 76.2 Å². The molecule has 1 fully saturated rings. The van der Waals surface area contributed by atoms with Crippen LogP contribution in [0.25, 0.3) is 21.7 Å². The van der Waals surface area contributed by atoms with Gasteiger partial charge in [0.15, 0.2) is 0 Å². The lowest BCUT2D eigenvalue weighted by Crippen LogP contribution is -2.11. The number of halogens is 2. The molecule has 1 aliphatic rings. The van der Waals surface area contributed by atoms with E-state index < -0.39 is 0 Å². The summed E-state index contributed by atoms with van der Waals surface area (Å²) in [5, 5.41) is 4.00. The van der Waals surface area contributed by atoms with Gasteiger partial charge in [0, 0.05) is 46.8 Å². The van der Waals surface area contributed by atoms with E-state index in [1.807, 2.05) is 6.20 Å². The van der Waals surface area contributed by atoms with Gasteiger partial charge in [0.25, 0.3) is 0 Å². The SMILES string of the molecule is Cl.Cl.NCCCCCCC(c1cncc2ccccc12)c1cn(C2CCCCC2)c2ccccc12. The molecule has 2 aromatic heterocycles. The lowest BCUT2D eigenvalue weighted by Gasteiger charge is -2.24. The lowest BCUT2D eigenvalue weighted by atomic mass is 9.85. The van der Waals surface area contributed by atoms with Gasteiger partial charge in [0.05, 0.1) is 0 Å². The van der Waals surface area contributed by atoms with Crippen LogP contribution in [0.2, 0.25) is 0 Å². The summed E-state index contributed by atoms with van der Waals surface area (Å²) >= 11 is 0. The van der Waals surface area contributed by atoms with Gasteiger partial charge in [-0.25, -0.2) is 0 Å². The van der Waals surface area contributed by atoms with E-state index in [4.69, 9.17) is 5.73 Å². The van der Waals surface area contributed by atoms with Crippen LogP contribution in [0.5, 0.6) is 0 Å². The monoisotopic (exact) mass is 511 g/mol. The Morgan fingerprint density at radius 1 is 0.800 bits per heavy atom. The van der Waals surface area contributed by atoms with Crippen LogP contribution in [0.1, 0.15) is 87.3 Å². The minimum atomic E-state index is 0. The molecule has 35 heavy (non-hydrogen) atoms. The van der Waals surface area contributed by atoms with Crippen LogP contribution in [0.15, 0.2) is 67.1 Å². The van der Waals surface area contributed by atoms with E-state index >= 15 is 0 Å². The second-order valence-corrected chi connectivity index (χ2v) is 9.79. The summed E-state index contributed by atoms with van der Waals surface area (Å²) in [6.07, 6.45) is 19.3. The number of rotatable bonds is 9. The molecule has 0 spiro atoms. The van der Waals surface area contributed by atoms with Crippen LogP contribution in [0.4, 0.5) is 0 Å². The van der Waals surface area contributed by atoms with Gasteiger partial charge < -0.3 is 10.3 Å². The molecule has 2 heterocycles. The highest BCUT2D eigenvalue weighted by molar-refractivity contribution is 5.89. The van der Waals surface area contributed by atoms with Gasteiger partial charge in [-0.2, -0.15) is 0 Å². The molecule has 0 saturated heterocycles. The van der Waals surface area contributed by atoms with Crippen molar-refractivity contribution in [2.24, 2.45) is 5.73 Å². The van der Waals surface area contributed by atoms with Crippen molar-refractivity contribution >= 4 is 46.5 Å². The largest absolute Gasteiger partial charge is 0.344 e. The van der Waals surface area contributed by atoms with Gasteiger partial charge in [-0.3, -0.25) is 4.98 Å². The average molecular weight is 513 g/mol. The molecular formula is C30H39Cl2N3. The normalized spacial score (nSPS) is 15.0. The number of nitrogens with zero attached hydrogens (tertiary/aromatic N) is 2. The summed E-state index contributed by atoms with van der Waals surface area (Å²) in [7, 11) is 0. The van der Waals surface area contributed by atoms with Crippen molar-refractivity contribution in [1.29, 1.82) is 0 Å². The van der Waals surface area contributed by atoms with E-state index in [-0.39, 0.29) is 24.8 Å². The molecule has 1 aliphatic carbocycles. The Labute approximate surface area is 222 Å². The highest BCUT2D eigenvalue weighted by Crippen LogP contribution is 2.41. The lowest BCUT2D eigenvalue weighted by molar-refractivity contribution is 0.360. The van der Waals surface area contributed by atoms with Gasteiger partial charge in [0.1, 0.15) is 0 Å². The van der Waals surface area contributed by atoms with Crippen molar-refractivity contribution in [2.75, 3.05) is 6.54 Å². The van der Waals surface area contributed by atoms with Crippen molar-refractivity contribution in [3.8, 4) is 0 Å². The third kappa shape index (κ3) is 6.02. The number of unbranched alkanes of at least 4 members (excludes halogenated alkanes) is 3. The second-order valence-electron chi connectivity index (χ2n) is 9.79. The van der Waals surface area contributed by atoms with Crippen LogP contribution < -0.4 is 5.73 Å². The maximum absolute atomic E-state index is 5.74. The first kappa shape index (κ1) is 27.5. The molecule has 1 atom stereocenters. The quantitative estimate of drug-likeness (QED) is 0.228. The molecule has 5 rings (SSSR count). The standard InChI is InChI=1S/C30H37N3.2ClH/c31-19-11-2-1-6-16-26(28-21-32-20-23-12-7-8-15-25(23)28)29-22-33(24-13-4-3-5-14-24)30-18-10-9-17-27(29)30;;/h7-10,12,15,17-18,20-22,24,26H,1-6,11,13-14,16,19,31H2;2*1H. The van der Waals surface area contributed by atoms with Crippen molar-refractivity contribution < 1.29 is 0 Å². The van der Waals surface area contributed by atoms with Crippen molar-refractivity contribution in [3.05, 3.63) is 78.2 Å². The number of hydrogen-bond donors (Lipinski definition) is 1. The van der Waals surface area contributed by atoms with Crippen molar-refractivity contribution in [1.82, 2.24) is 9.55 Å². The Balaban J connectivity index is 0.00000171. The van der Waals surface area contributed by atoms with Gasteiger partial charge in [-0.05, 0) is 54.8 Å². The van der Waals surface area contributed by atoms with Crippen LogP contribution in [-0.4, -0.2) is 16.1 Å². The smallest absolute Gasteiger partial charge is 0.0485 e. The summed E-state index contributed by atoms with van der Waals surface area (Å²) in [5.41, 5.74) is 10.00. The number of nitrogens with two attached hydrogens (primary N) is 1. The maximum atomic E-state index is 5.74. The Morgan fingerprint density at radius 3 is 2.31 bits per heavy atom. The Morgan fingerprint density at radius 2 is 1.51 bits per heavy atom. The molecule has 0 aliphatic heterocycles. The third-order valence-corrected chi connectivity index (χ3v) is 7.64. The Bertz CT molecular complexity index is 1190. The van der Waals surface area contributed by atoms with Gasteiger partial charge in [0.2, 0.25) is 0 Å². The first-order valence-corrected chi connectivity index (χ1v) is 13.0. The number of pyridine rings is 1. The summed E-state index contributed by atoms with van der Waals surface area (Å²) in [4.78, 5) is 4.67. The summed E-state index contributed by atoms with van der Waals surface area (Å²) in [6, 6.07) is 18.4. The molecule has 1 saturated carbocycles. The second kappa shape index (κ2) is 13.3. The van der Waals surface area contributed by atoms with E-state index in [9.17, 15) is 0 Å². The molecule has 3 nitrogen and oxygen atoms in total. The maximum Gasteiger partial charge on any atom is 0.0485 e. The fourth-order valence-electron chi connectivity index (χ4n) is 5.91. The van der Waals surface area contributed by atoms with E-state index in [1.54, 1.807) is 0 Å². The number of hydrogen-bond acceptors (Lipinski definition) is 2.